The van der Waals surface area contributed by atoms with Crippen LogP contribution in [0.5, 0.6) is 0 Å². The highest BCUT2D eigenvalue weighted by molar-refractivity contribution is 7.17. The normalized spacial score (nSPS) is 10.4. The summed E-state index contributed by atoms with van der Waals surface area (Å²) in [5, 5.41) is 0.755. The molecule has 2 aromatic heterocycles. The third kappa shape index (κ3) is 2.26. The molecule has 0 N–H and O–H groups in total. The monoisotopic (exact) mass is 262 g/mol. The number of thiazole rings is 1. The smallest absolute Gasteiger partial charge is 0.349 e. The number of hydrogen-bond acceptors (Lipinski definition) is 5. The first-order chi connectivity index (χ1) is 8.52. The van der Waals surface area contributed by atoms with E-state index < -0.39 is 0 Å². The second-order valence-corrected chi connectivity index (χ2v) is 5.10. The van der Waals surface area contributed by atoms with Gasteiger partial charge < -0.3 is 4.74 Å². The van der Waals surface area contributed by atoms with Gasteiger partial charge in [0.1, 0.15) is 15.6 Å². The zero-order valence-corrected chi connectivity index (χ0v) is 11.6. The summed E-state index contributed by atoms with van der Waals surface area (Å²) in [6.07, 6.45) is 1.80. The van der Waals surface area contributed by atoms with Crippen LogP contribution in [0.1, 0.15) is 26.5 Å². The molecule has 0 spiro atoms. The minimum atomic E-state index is -0.346. The van der Waals surface area contributed by atoms with Crippen molar-refractivity contribution in [1.82, 2.24) is 9.97 Å². The molecule has 0 saturated carbocycles. The quantitative estimate of drug-likeness (QED) is 0.781. The van der Waals surface area contributed by atoms with Crippen LogP contribution in [0.2, 0.25) is 0 Å². The summed E-state index contributed by atoms with van der Waals surface area (Å²) in [6, 6.07) is 2.05. The number of nitrogens with zero attached hydrogens (tertiary/aromatic N) is 2. The Hall–Kier alpha value is -1.75. The molecule has 94 valence electrons. The third-order valence-electron chi connectivity index (χ3n) is 2.58. The number of methoxy groups -OCH3 is 1. The maximum atomic E-state index is 11.5. The lowest BCUT2D eigenvalue weighted by molar-refractivity contribution is 0.0605. The predicted octanol–water partition coefficient (Wildman–Crippen LogP) is 2.92. The predicted molar refractivity (Wildman–Crippen MR) is 70.9 cm³/mol. The zero-order chi connectivity index (χ0) is 13.3. The minimum absolute atomic E-state index is 0.346. The molecule has 0 aromatic carbocycles. The average Bonchev–Trinajstić information content (AvgIpc) is 2.70. The van der Waals surface area contributed by atoms with E-state index in [0.29, 0.717) is 10.6 Å². The zero-order valence-electron chi connectivity index (χ0n) is 10.8. The maximum absolute atomic E-state index is 11.5. The van der Waals surface area contributed by atoms with Crippen molar-refractivity contribution in [2.45, 2.75) is 20.8 Å². The number of hydrogen-bond donors (Lipinski definition) is 0. The lowest BCUT2D eigenvalue weighted by Gasteiger charge is -2.01. The molecule has 0 saturated heterocycles. The van der Waals surface area contributed by atoms with Crippen LogP contribution in [0, 0.1) is 20.8 Å². The third-order valence-corrected chi connectivity index (χ3v) is 3.73. The number of ether oxygens (including phenoxy) is 1. The fourth-order valence-electron chi connectivity index (χ4n) is 1.72. The van der Waals surface area contributed by atoms with Gasteiger partial charge in [0.15, 0.2) is 0 Å². The van der Waals surface area contributed by atoms with Crippen molar-refractivity contribution < 1.29 is 9.53 Å². The van der Waals surface area contributed by atoms with E-state index in [9.17, 15) is 4.79 Å². The van der Waals surface area contributed by atoms with Gasteiger partial charge in [0.25, 0.3) is 0 Å². The van der Waals surface area contributed by atoms with Gasteiger partial charge in [-0.1, -0.05) is 6.07 Å². The molecular weight excluding hydrogens is 248 g/mol. The van der Waals surface area contributed by atoms with E-state index in [2.05, 4.69) is 16.0 Å². The molecule has 0 aliphatic carbocycles. The molecule has 2 heterocycles. The summed E-state index contributed by atoms with van der Waals surface area (Å²) in [6.45, 7) is 5.79. The van der Waals surface area contributed by atoms with Gasteiger partial charge in [-0.3, -0.25) is 4.98 Å². The van der Waals surface area contributed by atoms with Crippen molar-refractivity contribution in [2.75, 3.05) is 7.11 Å². The second kappa shape index (κ2) is 4.86. The van der Waals surface area contributed by atoms with Crippen LogP contribution in [0.15, 0.2) is 12.3 Å². The molecule has 0 radical (unpaired) electrons. The highest BCUT2D eigenvalue weighted by Crippen LogP contribution is 2.29. The molecule has 0 bridgehead atoms. The standard InChI is InChI=1S/C13H14N2O2S/c1-7-5-8(2)10(14-6-7)12-15-9(3)11(18-12)13(16)17-4/h5-6H,1-4H3. The Kier molecular flexibility index (Phi) is 3.43. The van der Waals surface area contributed by atoms with Gasteiger partial charge in [-0.15, -0.1) is 11.3 Å². The molecule has 0 fully saturated rings. The average molecular weight is 262 g/mol. The van der Waals surface area contributed by atoms with Crippen LogP contribution in [-0.2, 0) is 4.74 Å². The number of rotatable bonds is 2. The largest absolute Gasteiger partial charge is 0.465 e. The molecule has 0 unspecified atom stereocenters. The molecule has 18 heavy (non-hydrogen) atoms. The highest BCUT2D eigenvalue weighted by atomic mass is 32.1. The van der Waals surface area contributed by atoms with E-state index in [0.717, 1.165) is 21.8 Å². The first kappa shape index (κ1) is 12.7. The van der Waals surface area contributed by atoms with Gasteiger partial charge in [-0.25, -0.2) is 9.78 Å². The van der Waals surface area contributed by atoms with Gasteiger partial charge in [-0.05, 0) is 31.9 Å². The van der Waals surface area contributed by atoms with Crippen LogP contribution in [0.3, 0.4) is 0 Å². The highest BCUT2D eigenvalue weighted by Gasteiger charge is 2.18. The first-order valence-corrected chi connectivity index (χ1v) is 6.34. The van der Waals surface area contributed by atoms with Gasteiger partial charge >= 0.3 is 5.97 Å². The Bertz CT molecular complexity index is 605. The number of carbonyl (C=O) groups excluding carboxylic acids is 1. The van der Waals surface area contributed by atoms with Crippen molar-refractivity contribution in [3.05, 3.63) is 34.0 Å². The lowest BCUT2D eigenvalue weighted by atomic mass is 10.2. The fourth-order valence-corrected chi connectivity index (χ4v) is 2.77. The first-order valence-electron chi connectivity index (χ1n) is 5.52. The summed E-state index contributed by atoms with van der Waals surface area (Å²) in [5.74, 6) is -0.346. The second-order valence-electron chi connectivity index (χ2n) is 4.10. The topological polar surface area (TPSA) is 52.1 Å². The minimum Gasteiger partial charge on any atom is -0.465 e. The Labute approximate surface area is 110 Å². The van der Waals surface area contributed by atoms with Gasteiger partial charge in [0, 0.05) is 6.20 Å². The molecule has 2 aromatic rings. The molecule has 5 heteroatoms. The molecule has 4 nitrogen and oxygen atoms in total. The molecule has 0 amide bonds. The van der Waals surface area contributed by atoms with Gasteiger partial charge in [0.05, 0.1) is 12.8 Å². The van der Waals surface area contributed by atoms with Crippen molar-refractivity contribution >= 4 is 17.3 Å². The summed E-state index contributed by atoms with van der Waals surface area (Å²) < 4.78 is 4.73. The van der Waals surface area contributed by atoms with Crippen LogP contribution >= 0.6 is 11.3 Å². The van der Waals surface area contributed by atoms with Gasteiger partial charge in [0.2, 0.25) is 0 Å². The van der Waals surface area contributed by atoms with E-state index in [1.54, 1.807) is 13.1 Å². The van der Waals surface area contributed by atoms with Crippen molar-refractivity contribution in [1.29, 1.82) is 0 Å². The summed E-state index contributed by atoms with van der Waals surface area (Å²) in [4.78, 5) is 20.9. The molecular formula is C13H14N2O2S. The van der Waals surface area contributed by atoms with E-state index in [1.165, 1.54) is 18.4 Å². The summed E-state index contributed by atoms with van der Waals surface area (Å²) >= 11 is 1.32. The van der Waals surface area contributed by atoms with Crippen molar-refractivity contribution in [3.63, 3.8) is 0 Å². The van der Waals surface area contributed by atoms with Crippen molar-refractivity contribution in [2.24, 2.45) is 0 Å². The van der Waals surface area contributed by atoms with Crippen LogP contribution in [0.25, 0.3) is 10.7 Å². The van der Waals surface area contributed by atoms with Crippen molar-refractivity contribution in [3.8, 4) is 10.7 Å². The summed E-state index contributed by atoms with van der Waals surface area (Å²) in [5.41, 5.74) is 3.67. The van der Waals surface area contributed by atoms with Crippen LogP contribution < -0.4 is 0 Å². The summed E-state index contributed by atoms with van der Waals surface area (Å²) in [7, 11) is 1.37. The molecule has 0 atom stereocenters. The lowest BCUT2D eigenvalue weighted by Crippen LogP contribution is -1.99. The molecule has 0 aliphatic rings. The van der Waals surface area contributed by atoms with E-state index >= 15 is 0 Å². The SMILES string of the molecule is COC(=O)c1sc(-c2ncc(C)cc2C)nc1C. The Morgan fingerprint density at radius 2 is 2.06 bits per heavy atom. The molecule has 2 rings (SSSR count). The Morgan fingerprint density at radius 3 is 2.67 bits per heavy atom. The van der Waals surface area contributed by atoms with Crippen LogP contribution in [0.4, 0.5) is 0 Å². The number of aromatic nitrogens is 2. The fraction of sp³-hybridized carbons (Fsp3) is 0.308. The van der Waals surface area contributed by atoms with Crippen LogP contribution in [-0.4, -0.2) is 23.0 Å². The van der Waals surface area contributed by atoms with E-state index in [4.69, 9.17) is 4.74 Å². The number of esters is 1. The number of carbonyl (C=O) groups is 1. The number of aryl methyl sites for hydroxylation is 3. The molecule has 0 aliphatic heterocycles. The van der Waals surface area contributed by atoms with Gasteiger partial charge in [-0.2, -0.15) is 0 Å². The number of pyridine rings is 1. The van der Waals surface area contributed by atoms with E-state index in [1.807, 2.05) is 13.8 Å². The maximum Gasteiger partial charge on any atom is 0.349 e. The van der Waals surface area contributed by atoms with E-state index in [-0.39, 0.29) is 5.97 Å². The Morgan fingerprint density at radius 1 is 1.33 bits per heavy atom. The Balaban J connectivity index is 2.49.